The molecule has 1 aliphatic rings. The standard InChI is InChI=1S/C13H15ClF3NO/c14-8-5-6-10(9(7-8)13(15,16)17)18-11-3-1-2-4-12(11)19/h5-7,11-12,18-19H,1-4H2/t11-,12-/m0/s1. The van der Waals surface area contributed by atoms with Gasteiger partial charge in [-0.3, -0.25) is 0 Å². The molecular formula is C13H15ClF3NO. The molecule has 0 spiro atoms. The second-order valence-corrected chi connectivity index (χ2v) is 5.23. The fourth-order valence-electron chi connectivity index (χ4n) is 2.36. The summed E-state index contributed by atoms with van der Waals surface area (Å²) in [7, 11) is 0. The van der Waals surface area contributed by atoms with E-state index in [1.54, 1.807) is 0 Å². The summed E-state index contributed by atoms with van der Waals surface area (Å²) in [6, 6.07) is 3.29. The zero-order valence-electron chi connectivity index (χ0n) is 10.2. The van der Waals surface area contributed by atoms with Crippen molar-refractivity contribution in [1.82, 2.24) is 0 Å². The number of nitrogens with one attached hydrogen (secondary N) is 1. The van der Waals surface area contributed by atoms with E-state index in [2.05, 4.69) is 5.32 Å². The van der Waals surface area contributed by atoms with E-state index < -0.39 is 17.8 Å². The molecule has 19 heavy (non-hydrogen) atoms. The van der Waals surface area contributed by atoms with Gasteiger partial charge in [-0.2, -0.15) is 13.2 Å². The fourth-order valence-corrected chi connectivity index (χ4v) is 2.53. The van der Waals surface area contributed by atoms with Crippen LogP contribution >= 0.6 is 11.6 Å². The molecule has 2 nitrogen and oxygen atoms in total. The fraction of sp³-hybridized carbons (Fsp3) is 0.538. The van der Waals surface area contributed by atoms with Crippen LogP contribution in [0.4, 0.5) is 18.9 Å². The van der Waals surface area contributed by atoms with Gasteiger partial charge >= 0.3 is 6.18 Å². The van der Waals surface area contributed by atoms with Gasteiger partial charge in [-0.1, -0.05) is 24.4 Å². The molecule has 0 bridgehead atoms. The molecule has 6 heteroatoms. The molecule has 0 aromatic heterocycles. The Hall–Kier alpha value is -0.940. The van der Waals surface area contributed by atoms with E-state index in [0.717, 1.165) is 18.9 Å². The molecule has 2 atom stereocenters. The molecule has 0 heterocycles. The van der Waals surface area contributed by atoms with E-state index in [4.69, 9.17) is 11.6 Å². The molecule has 2 N–H and O–H groups in total. The number of aliphatic hydroxyl groups excluding tert-OH is 1. The highest BCUT2D eigenvalue weighted by Crippen LogP contribution is 2.37. The Morgan fingerprint density at radius 2 is 1.89 bits per heavy atom. The summed E-state index contributed by atoms with van der Waals surface area (Å²) in [5.41, 5.74) is -0.819. The van der Waals surface area contributed by atoms with E-state index in [0.29, 0.717) is 12.8 Å². The average Bonchev–Trinajstić information content (AvgIpc) is 2.33. The third-order valence-corrected chi connectivity index (χ3v) is 3.59. The Morgan fingerprint density at radius 1 is 1.21 bits per heavy atom. The maximum Gasteiger partial charge on any atom is 0.418 e. The maximum atomic E-state index is 12.9. The van der Waals surface area contributed by atoms with Crippen molar-refractivity contribution in [3.05, 3.63) is 28.8 Å². The molecule has 1 fully saturated rings. The van der Waals surface area contributed by atoms with Gasteiger partial charge in [0.05, 0.1) is 17.7 Å². The number of anilines is 1. The third-order valence-electron chi connectivity index (χ3n) is 3.36. The molecule has 2 rings (SSSR count). The normalized spacial score (nSPS) is 24.3. The van der Waals surface area contributed by atoms with Crippen LogP contribution in [-0.4, -0.2) is 17.3 Å². The molecule has 0 amide bonds. The zero-order chi connectivity index (χ0) is 14.0. The van der Waals surface area contributed by atoms with E-state index >= 15 is 0 Å². The van der Waals surface area contributed by atoms with Crippen molar-refractivity contribution in [3.63, 3.8) is 0 Å². The van der Waals surface area contributed by atoms with Crippen molar-refractivity contribution in [1.29, 1.82) is 0 Å². The summed E-state index contributed by atoms with van der Waals surface area (Å²) in [6.07, 6.45) is -1.97. The van der Waals surface area contributed by atoms with Crippen molar-refractivity contribution in [2.24, 2.45) is 0 Å². The molecule has 1 aromatic rings. The topological polar surface area (TPSA) is 32.3 Å². The zero-order valence-corrected chi connectivity index (χ0v) is 10.9. The SMILES string of the molecule is O[C@H]1CCCC[C@@H]1Nc1ccc(Cl)cc1C(F)(F)F. The predicted molar refractivity (Wildman–Crippen MR) is 68.3 cm³/mol. The lowest BCUT2D eigenvalue weighted by molar-refractivity contribution is -0.137. The third kappa shape index (κ3) is 3.54. The Kier molecular flexibility index (Phi) is 4.26. The molecule has 1 aliphatic carbocycles. The summed E-state index contributed by atoms with van der Waals surface area (Å²) in [4.78, 5) is 0. The van der Waals surface area contributed by atoms with Gasteiger partial charge in [0.1, 0.15) is 0 Å². The second-order valence-electron chi connectivity index (χ2n) is 4.79. The first kappa shape index (κ1) is 14.5. The monoisotopic (exact) mass is 293 g/mol. The van der Waals surface area contributed by atoms with Crippen LogP contribution in [0.5, 0.6) is 0 Å². The first-order valence-corrected chi connectivity index (χ1v) is 6.57. The molecule has 0 saturated heterocycles. The van der Waals surface area contributed by atoms with Crippen molar-refractivity contribution >= 4 is 17.3 Å². The summed E-state index contributed by atoms with van der Waals surface area (Å²) < 4.78 is 38.8. The first-order chi connectivity index (χ1) is 8.88. The maximum absolute atomic E-state index is 12.9. The van der Waals surface area contributed by atoms with Crippen LogP contribution in [0, 0.1) is 0 Å². The van der Waals surface area contributed by atoms with Crippen LogP contribution in [0.25, 0.3) is 0 Å². The van der Waals surface area contributed by atoms with Crippen LogP contribution in [0.15, 0.2) is 18.2 Å². The second kappa shape index (κ2) is 5.59. The average molecular weight is 294 g/mol. The summed E-state index contributed by atoms with van der Waals surface area (Å²) >= 11 is 5.62. The van der Waals surface area contributed by atoms with E-state index in [1.165, 1.54) is 12.1 Å². The lowest BCUT2D eigenvalue weighted by Gasteiger charge is -2.30. The number of alkyl halides is 3. The van der Waals surface area contributed by atoms with Crippen LogP contribution in [0.2, 0.25) is 5.02 Å². The Bertz CT molecular complexity index is 450. The first-order valence-electron chi connectivity index (χ1n) is 6.19. The summed E-state index contributed by atoms with van der Waals surface area (Å²) in [5, 5.41) is 12.7. The minimum absolute atomic E-state index is 0.0251. The van der Waals surface area contributed by atoms with Crippen LogP contribution in [0.3, 0.4) is 0 Å². The summed E-state index contributed by atoms with van der Waals surface area (Å²) in [5.74, 6) is 0. The number of hydrogen-bond acceptors (Lipinski definition) is 2. The van der Waals surface area contributed by atoms with Crippen molar-refractivity contribution < 1.29 is 18.3 Å². The lowest BCUT2D eigenvalue weighted by Crippen LogP contribution is -2.36. The van der Waals surface area contributed by atoms with Gasteiger partial charge in [0.2, 0.25) is 0 Å². The Labute approximate surface area is 114 Å². The van der Waals surface area contributed by atoms with Crippen molar-refractivity contribution in [2.75, 3.05) is 5.32 Å². The van der Waals surface area contributed by atoms with Gasteiger partial charge in [0.15, 0.2) is 0 Å². The van der Waals surface area contributed by atoms with Crippen LogP contribution in [0.1, 0.15) is 31.2 Å². The molecule has 0 aliphatic heterocycles. The van der Waals surface area contributed by atoms with Crippen LogP contribution < -0.4 is 5.32 Å². The quantitative estimate of drug-likeness (QED) is 0.861. The minimum Gasteiger partial charge on any atom is -0.391 e. The highest BCUT2D eigenvalue weighted by Gasteiger charge is 2.35. The van der Waals surface area contributed by atoms with Crippen LogP contribution in [-0.2, 0) is 6.18 Å². The predicted octanol–water partition coefficient (Wildman–Crippen LogP) is 4.07. The molecule has 0 unspecified atom stereocenters. The van der Waals surface area contributed by atoms with Gasteiger partial charge in [-0.15, -0.1) is 0 Å². The smallest absolute Gasteiger partial charge is 0.391 e. The molecule has 106 valence electrons. The lowest BCUT2D eigenvalue weighted by atomic mass is 9.92. The van der Waals surface area contributed by atoms with Gasteiger partial charge in [-0.25, -0.2) is 0 Å². The number of hydrogen-bond donors (Lipinski definition) is 2. The number of benzene rings is 1. The Morgan fingerprint density at radius 3 is 2.53 bits per heavy atom. The molecule has 1 aromatic carbocycles. The largest absolute Gasteiger partial charge is 0.418 e. The van der Waals surface area contributed by atoms with E-state index in [-0.39, 0.29) is 16.8 Å². The van der Waals surface area contributed by atoms with Gasteiger partial charge in [0.25, 0.3) is 0 Å². The van der Waals surface area contributed by atoms with E-state index in [9.17, 15) is 18.3 Å². The van der Waals surface area contributed by atoms with Gasteiger partial charge in [0, 0.05) is 10.7 Å². The van der Waals surface area contributed by atoms with E-state index in [1.807, 2.05) is 0 Å². The highest BCUT2D eigenvalue weighted by molar-refractivity contribution is 6.30. The number of halogens is 4. The number of aliphatic hydroxyl groups is 1. The highest BCUT2D eigenvalue weighted by atomic mass is 35.5. The van der Waals surface area contributed by atoms with Crippen molar-refractivity contribution in [3.8, 4) is 0 Å². The van der Waals surface area contributed by atoms with Gasteiger partial charge < -0.3 is 10.4 Å². The molecule has 1 saturated carbocycles. The molecular weight excluding hydrogens is 279 g/mol. The Balaban J connectivity index is 2.24. The summed E-state index contributed by atoms with van der Waals surface area (Å²) in [6.45, 7) is 0. The molecule has 0 radical (unpaired) electrons. The van der Waals surface area contributed by atoms with Crippen molar-refractivity contribution in [2.45, 2.75) is 44.0 Å². The minimum atomic E-state index is -4.47. The number of rotatable bonds is 2. The van der Waals surface area contributed by atoms with Gasteiger partial charge in [-0.05, 0) is 31.0 Å².